The highest BCUT2D eigenvalue weighted by Crippen LogP contribution is 2.44. The lowest BCUT2D eigenvalue weighted by Gasteiger charge is -2.45. The zero-order valence-electron chi connectivity index (χ0n) is 14.9. The van der Waals surface area contributed by atoms with E-state index in [0.717, 1.165) is 12.8 Å². The molecule has 1 aromatic heterocycles. The van der Waals surface area contributed by atoms with Crippen LogP contribution in [-0.2, 0) is 11.2 Å². The summed E-state index contributed by atoms with van der Waals surface area (Å²) in [5.41, 5.74) is 3.87. The molecule has 2 N–H and O–H groups in total. The number of imide groups is 1. The molecule has 6 nitrogen and oxygen atoms in total. The van der Waals surface area contributed by atoms with Crippen molar-refractivity contribution in [2.45, 2.75) is 24.8 Å². The number of rotatable bonds is 1. The summed E-state index contributed by atoms with van der Waals surface area (Å²) in [5, 5.41) is 3.85. The highest BCUT2D eigenvalue weighted by Gasteiger charge is 2.42. The van der Waals surface area contributed by atoms with Gasteiger partial charge in [0.25, 0.3) is 0 Å². The number of nitrogens with zero attached hydrogens (tertiary/aromatic N) is 2. The lowest BCUT2D eigenvalue weighted by atomic mass is 9.72. The van der Waals surface area contributed by atoms with Gasteiger partial charge in [-0.25, -0.2) is 4.79 Å². The number of likely N-dealkylation sites (tertiary alicyclic amines) is 1. The quantitative estimate of drug-likeness (QED) is 0.833. The molecule has 1 aliphatic heterocycles. The number of likely N-dealkylation sites (N-methyl/N-ethyl adjacent to an activating group) is 1. The van der Waals surface area contributed by atoms with Crippen LogP contribution in [0, 0.1) is 5.92 Å². The largest absolute Gasteiger partial charge is 0.361 e. The fourth-order valence-electron chi connectivity index (χ4n) is 4.66. The van der Waals surface area contributed by atoms with E-state index in [1.165, 1.54) is 26.9 Å². The molecule has 1 saturated heterocycles. The van der Waals surface area contributed by atoms with Crippen LogP contribution in [-0.4, -0.2) is 60.5 Å². The number of aromatic amines is 1. The van der Waals surface area contributed by atoms with Crippen LogP contribution < -0.4 is 5.32 Å². The second kappa shape index (κ2) is 5.88. The molecule has 0 saturated carbocycles. The number of H-pyrrole nitrogens is 1. The van der Waals surface area contributed by atoms with E-state index in [2.05, 4.69) is 46.6 Å². The van der Waals surface area contributed by atoms with Crippen molar-refractivity contribution in [2.24, 2.45) is 5.92 Å². The van der Waals surface area contributed by atoms with Crippen molar-refractivity contribution in [1.82, 2.24) is 20.1 Å². The summed E-state index contributed by atoms with van der Waals surface area (Å²) in [6.07, 6.45) is 3.91. The second-order valence-electron chi connectivity index (χ2n) is 7.29. The maximum atomic E-state index is 12.8. The zero-order valence-corrected chi connectivity index (χ0v) is 14.9. The molecule has 1 aliphatic carbocycles. The lowest BCUT2D eigenvalue weighted by Crippen LogP contribution is -2.53. The number of hydrogen-bond acceptors (Lipinski definition) is 3. The van der Waals surface area contributed by atoms with Gasteiger partial charge in [-0.1, -0.05) is 12.1 Å². The first-order valence-corrected chi connectivity index (χ1v) is 8.79. The lowest BCUT2D eigenvalue weighted by molar-refractivity contribution is -0.134. The first kappa shape index (κ1) is 16.1. The molecule has 2 heterocycles. The number of carbonyl (C=O) groups is 2. The van der Waals surface area contributed by atoms with Gasteiger partial charge in [0.05, 0.1) is 5.92 Å². The van der Waals surface area contributed by atoms with Crippen LogP contribution in [0.2, 0.25) is 0 Å². The molecule has 1 fully saturated rings. The molecule has 0 bridgehead atoms. The van der Waals surface area contributed by atoms with Gasteiger partial charge in [0.15, 0.2) is 0 Å². The van der Waals surface area contributed by atoms with E-state index in [1.54, 1.807) is 14.1 Å². The first-order valence-electron chi connectivity index (χ1n) is 8.79. The monoisotopic (exact) mass is 340 g/mol. The third kappa shape index (κ3) is 2.43. The summed E-state index contributed by atoms with van der Waals surface area (Å²) in [5.74, 6) is 0.0544. The van der Waals surface area contributed by atoms with Gasteiger partial charge in [-0.05, 0) is 37.1 Å². The van der Waals surface area contributed by atoms with Crippen LogP contribution in [0.1, 0.15) is 23.5 Å². The Morgan fingerprint density at radius 2 is 2.16 bits per heavy atom. The number of benzene rings is 1. The van der Waals surface area contributed by atoms with E-state index in [9.17, 15) is 9.59 Å². The van der Waals surface area contributed by atoms with E-state index >= 15 is 0 Å². The Morgan fingerprint density at radius 1 is 1.36 bits per heavy atom. The smallest absolute Gasteiger partial charge is 0.323 e. The van der Waals surface area contributed by atoms with Crippen molar-refractivity contribution in [3.63, 3.8) is 0 Å². The minimum Gasteiger partial charge on any atom is -0.361 e. The zero-order chi connectivity index (χ0) is 17.7. The van der Waals surface area contributed by atoms with Crippen LogP contribution in [0.25, 0.3) is 10.9 Å². The average molecular weight is 340 g/mol. The molecule has 6 heteroatoms. The van der Waals surface area contributed by atoms with Crippen molar-refractivity contribution in [1.29, 1.82) is 0 Å². The van der Waals surface area contributed by atoms with E-state index in [4.69, 9.17) is 0 Å². The number of nitrogens with one attached hydrogen (secondary N) is 2. The van der Waals surface area contributed by atoms with Crippen molar-refractivity contribution >= 4 is 22.8 Å². The number of hydrogen-bond donors (Lipinski definition) is 2. The Hall–Kier alpha value is -2.34. The average Bonchev–Trinajstić information content (AvgIpc) is 3.05. The Bertz CT molecular complexity index is 843. The van der Waals surface area contributed by atoms with E-state index < -0.39 is 0 Å². The third-order valence-electron chi connectivity index (χ3n) is 5.92. The minimum absolute atomic E-state index is 0.100. The number of piperidine rings is 1. The van der Waals surface area contributed by atoms with Crippen molar-refractivity contribution < 1.29 is 9.59 Å². The Kier molecular flexibility index (Phi) is 3.80. The van der Waals surface area contributed by atoms with Gasteiger partial charge in [0.2, 0.25) is 5.91 Å². The summed E-state index contributed by atoms with van der Waals surface area (Å²) in [6, 6.07) is 6.44. The highest BCUT2D eigenvalue weighted by molar-refractivity contribution is 5.95. The molecule has 1 unspecified atom stereocenters. The number of fused-ring (bicyclic) bond motifs is 2. The molecule has 0 spiro atoms. The number of aromatic nitrogens is 1. The molecule has 2 aliphatic rings. The van der Waals surface area contributed by atoms with Crippen LogP contribution in [0.5, 0.6) is 0 Å². The van der Waals surface area contributed by atoms with Crippen LogP contribution in [0.15, 0.2) is 24.4 Å². The van der Waals surface area contributed by atoms with Gasteiger partial charge in [0.1, 0.15) is 0 Å². The number of carbonyl (C=O) groups excluding carboxylic acids is 2. The molecule has 0 radical (unpaired) electrons. The maximum Gasteiger partial charge on any atom is 0.323 e. The Balaban J connectivity index is 1.67. The SMILES string of the molecule is CNC(=O)N(C)C(=O)[C@@H]1CC2c3cccc4[nH]cc(c34)C[C@H]2N(C)C1. The van der Waals surface area contributed by atoms with E-state index in [-0.39, 0.29) is 17.9 Å². The van der Waals surface area contributed by atoms with Crippen LogP contribution in [0.4, 0.5) is 4.79 Å². The second-order valence-corrected chi connectivity index (χ2v) is 7.29. The Morgan fingerprint density at radius 3 is 2.92 bits per heavy atom. The molecule has 25 heavy (non-hydrogen) atoms. The maximum absolute atomic E-state index is 12.8. The van der Waals surface area contributed by atoms with Crippen LogP contribution in [0.3, 0.4) is 0 Å². The first-order chi connectivity index (χ1) is 12.0. The summed E-state index contributed by atoms with van der Waals surface area (Å²) in [4.78, 5) is 31.5. The number of amides is 3. The fraction of sp³-hybridized carbons (Fsp3) is 0.474. The van der Waals surface area contributed by atoms with Crippen LogP contribution >= 0.6 is 0 Å². The molecule has 4 rings (SSSR count). The standard InChI is InChI=1S/C19H24N4O2/c1-20-19(25)23(3)18(24)12-7-14-13-5-4-6-15-17(13)11(9-21-15)8-16(14)22(2)10-12/h4-6,9,12,14,16,21H,7-8,10H2,1-3H3,(H,20,25)/t12-,14?,16-/m1/s1. The summed E-state index contributed by atoms with van der Waals surface area (Å²) < 4.78 is 0. The van der Waals surface area contributed by atoms with Gasteiger partial charge in [0, 0.05) is 49.7 Å². The molecule has 1 aromatic carbocycles. The van der Waals surface area contributed by atoms with Crippen molar-refractivity contribution in [3.8, 4) is 0 Å². The predicted octanol–water partition coefficient (Wildman–Crippen LogP) is 1.93. The topological polar surface area (TPSA) is 68.4 Å². The Labute approximate surface area is 147 Å². The van der Waals surface area contributed by atoms with E-state index in [0.29, 0.717) is 18.5 Å². The fourth-order valence-corrected chi connectivity index (χ4v) is 4.66. The molecule has 3 atom stereocenters. The van der Waals surface area contributed by atoms with Crippen molar-refractivity contribution in [3.05, 3.63) is 35.5 Å². The van der Waals surface area contributed by atoms with Gasteiger partial charge < -0.3 is 15.2 Å². The van der Waals surface area contributed by atoms with Gasteiger partial charge in [-0.15, -0.1) is 0 Å². The molecule has 132 valence electrons. The molecular weight excluding hydrogens is 316 g/mol. The minimum atomic E-state index is -0.353. The van der Waals surface area contributed by atoms with Gasteiger partial charge in [-0.3, -0.25) is 9.69 Å². The molecule has 2 aromatic rings. The summed E-state index contributed by atoms with van der Waals surface area (Å²) in [6.45, 7) is 0.692. The highest BCUT2D eigenvalue weighted by atomic mass is 16.2. The van der Waals surface area contributed by atoms with Gasteiger partial charge in [-0.2, -0.15) is 0 Å². The van der Waals surface area contributed by atoms with E-state index in [1.807, 2.05) is 0 Å². The normalized spacial score (nSPS) is 25.5. The van der Waals surface area contributed by atoms with Crippen molar-refractivity contribution in [2.75, 3.05) is 27.7 Å². The third-order valence-corrected chi connectivity index (χ3v) is 5.92. The number of urea groups is 1. The predicted molar refractivity (Wildman–Crippen MR) is 96.5 cm³/mol. The summed E-state index contributed by atoms with van der Waals surface area (Å²) >= 11 is 0. The molecular formula is C19H24N4O2. The summed E-state index contributed by atoms with van der Waals surface area (Å²) in [7, 11) is 5.19. The molecule has 3 amide bonds. The van der Waals surface area contributed by atoms with Gasteiger partial charge >= 0.3 is 6.03 Å².